The van der Waals surface area contributed by atoms with E-state index in [-0.39, 0.29) is 5.43 Å². The first kappa shape index (κ1) is 10.1. The highest BCUT2D eigenvalue weighted by molar-refractivity contribution is 6.20. The number of hydrogen-bond donors (Lipinski definition) is 0. The van der Waals surface area contributed by atoms with Crippen LogP contribution >= 0.6 is 0 Å². The summed E-state index contributed by atoms with van der Waals surface area (Å²) in [5.74, 6) is 0. The first-order valence-corrected chi connectivity index (χ1v) is 6.63. The van der Waals surface area contributed by atoms with Crippen molar-refractivity contribution >= 4 is 32.4 Å². The monoisotopic (exact) mass is 255 g/mol. The van der Waals surface area contributed by atoms with Gasteiger partial charge in [-0.3, -0.25) is 4.79 Å². The Balaban J connectivity index is 2.27. The quantitative estimate of drug-likeness (QED) is 0.310. The summed E-state index contributed by atoms with van der Waals surface area (Å²) < 4.78 is 0. The summed E-state index contributed by atoms with van der Waals surface area (Å²) in [6.45, 7) is 0. The third kappa shape index (κ3) is 1.02. The molecule has 1 aliphatic heterocycles. The molecule has 0 aromatic heterocycles. The number of rotatable bonds is 0. The van der Waals surface area contributed by atoms with Gasteiger partial charge in [-0.1, -0.05) is 42.5 Å². The number of aromatic nitrogens is 1. The largest absolute Gasteiger partial charge is 0.289 e. The summed E-state index contributed by atoms with van der Waals surface area (Å²) in [5.41, 5.74) is 3.04. The van der Waals surface area contributed by atoms with Crippen LogP contribution in [-0.4, -0.2) is 4.98 Å². The fourth-order valence-electron chi connectivity index (χ4n) is 3.29. The zero-order chi connectivity index (χ0) is 13.3. The normalized spacial score (nSPS) is 12.2. The van der Waals surface area contributed by atoms with E-state index in [1.807, 2.05) is 48.5 Å². The molecule has 1 aliphatic carbocycles. The molecule has 5 rings (SSSR count). The molecule has 2 nitrogen and oxygen atoms in total. The Morgan fingerprint density at radius 3 is 2.50 bits per heavy atom. The molecule has 0 saturated carbocycles. The molecule has 0 atom stereocenters. The Hall–Kier alpha value is -2.74. The lowest BCUT2D eigenvalue weighted by atomic mass is 9.93. The molecule has 92 valence electrons. The van der Waals surface area contributed by atoms with Crippen LogP contribution in [0.4, 0.5) is 0 Å². The van der Waals surface area contributed by atoms with E-state index in [9.17, 15) is 4.79 Å². The van der Waals surface area contributed by atoms with E-state index in [0.29, 0.717) is 0 Å². The topological polar surface area (TPSA) is 30.0 Å². The number of hydrogen-bond acceptors (Lipinski definition) is 2. The highest BCUT2D eigenvalue weighted by Crippen LogP contribution is 2.41. The standard InChI is InChI=1S/C18H9NO/c20-18-12-6-2-1-5-11(12)17-16-13(18)9-8-10-4-3-7-14(19-17)15(10)16/h1-9H. The molecular weight excluding hydrogens is 246 g/mol. The highest BCUT2D eigenvalue weighted by Gasteiger charge is 2.22. The second kappa shape index (κ2) is 3.23. The van der Waals surface area contributed by atoms with E-state index >= 15 is 0 Å². The smallest absolute Gasteiger partial charge is 0.194 e. The molecule has 0 N–H and O–H groups in total. The van der Waals surface area contributed by atoms with Crippen molar-refractivity contribution in [3.05, 3.63) is 64.8 Å². The van der Waals surface area contributed by atoms with E-state index in [2.05, 4.69) is 6.07 Å². The van der Waals surface area contributed by atoms with Gasteiger partial charge in [0.15, 0.2) is 5.43 Å². The van der Waals surface area contributed by atoms with Gasteiger partial charge in [0.25, 0.3) is 0 Å². The molecule has 2 aliphatic rings. The van der Waals surface area contributed by atoms with Crippen LogP contribution in [0.1, 0.15) is 0 Å². The van der Waals surface area contributed by atoms with Crippen molar-refractivity contribution in [2.45, 2.75) is 0 Å². The number of benzene rings is 4. The minimum atomic E-state index is 0.105. The van der Waals surface area contributed by atoms with Crippen LogP contribution in [0.15, 0.2) is 59.4 Å². The Bertz CT molecular complexity index is 1110. The van der Waals surface area contributed by atoms with Gasteiger partial charge >= 0.3 is 0 Å². The maximum atomic E-state index is 12.7. The maximum absolute atomic E-state index is 12.7. The molecule has 0 spiro atoms. The van der Waals surface area contributed by atoms with Crippen LogP contribution in [0.5, 0.6) is 0 Å². The van der Waals surface area contributed by atoms with Crippen LogP contribution < -0.4 is 5.43 Å². The lowest BCUT2D eigenvalue weighted by Crippen LogP contribution is -2.04. The van der Waals surface area contributed by atoms with Gasteiger partial charge in [-0.05, 0) is 17.5 Å². The molecule has 0 amide bonds. The average molecular weight is 255 g/mol. The van der Waals surface area contributed by atoms with Gasteiger partial charge in [-0.15, -0.1) is 0 Å². The van der Waals surface area contributed by atoms with Crippen LogP contribution in [-0.2, 0) is 0 Å². The van der Waals surface area contributed by atoms with Crippen LogP contribution in [0.3, 0.4) is 0 Å². The molecule has 3 aromatic rings. The Morgan fingerprint density at radius 1 is 0.750 bits per heavy atom. The summed E-state index contributed by atoms with van der Waals surface area (Å²) in [6.07, 6.45) is 0. The van der Waals surface area contributed by atoms with E-state index in [4.69, 9.17) is 4.98 Å². The summed E-state index contributed by atoms with van der Waals surface area (Å²) in [7, 11) is 0. The Kier molecular flexibility index (Phi) is 1.63. The second-order valence-electron chi connectivity index (χ2n) is 5.20. The molecule has 20 heavy (non-hydrogen) atoms. The zero-order valence-corrected chi connectivity index (χ0v) is 10.6. The predicted octanol–water partition coefficient (Wildman–Crippen LogP) is 3.88. The molecule has 0 bridgehead atoms. The van der Waals surface area contributed by atoms with Gasteiger partial charge in [0.1, 0.15) is 0 Å². The Labute approximate surface area is 114 Å². The fourth-order valence-corrected chi connectivity index (χ4v) is 3.29. The van der Waals surface area contributed by atoms with Crippen LogP contribution in [0.2, 0.25) is 0 Å². The molecular formula is C18H9NO. The van der Waals surface area contributed by atoms with E-state index in [1.54, 1.807) is 0 Å². The van der Waals surface area contributed by atoms with Crippen molar-refractivity contribution in [1.82, 2.24) is 4.98 Å². The van der Waals surface area contributed by atoms with Gasteiger partial charge in [0.05, 0.1) is 11.2 Å². The zero-order valence-electron chi connectivity index (χ0n) is 10.6. The van der Waals surface area contributed by atoms with Crippen molar-refractivity contribution in [2.24, 2.45) is 0 Å². The molecule has 2 heteroatoms. The van der Waals surface area contributed by atoms with E-state index in [1.165, 1.54) is 0 Å². The minimum absolute atomic E-state index is 0.105. The van der Waals surface area contributed by atoms with Gasteiger partial charge < -0.3 is 0 Å². The number of nitrogens with zero attached hydrogens (tertiary/aromatic N) is 1. The lowest BCUT2D eigenvalue weighted by Gasteiger charge is -2.08. The average Bonchev–Trinajstić information content (AvgIpc) is 2.89. The van der Waals surface area contributed by atoms with Gasteiger partial charge in [0.2, 0.25) is 0 Å². The van der Waals surface area contributed by atoms with Gasteiger partial charge in [-0.2, -0.15) is 0 Å². The molecule has 0 fully saturated rings. The molecule has 1 heterocycles. The maximum Gasteiger partial charge on any atom is 0.194 e. The van der Waals surface area contributed by atoms with E-state index < -0.39 is 0 Å². The predicted molar refractivity (Wildman–Crippen MR) is 82.0 cm³/mol. The fraction of sp³-hybridized carbons (Fsp3) is 0. The van der Waals surface area contributed by atoms with Crippen molar-refractivity contribution in [1.29, 1.82) is 0 Å². The van der Waals surface area contributed by atoms with Gasteiger partial charge in [-0.25, -0.2) is 4.98 Å². The van der Waals surface area contributed by atoms with Crippen LogP contribution in [0.25, 0.3) is 43.7 Å². The van der Waals surface area contributed by atoms with Crippen molar-refractivity contribution in [2.75, 3.05) is 0 Å². The van der Waals surface area contributed by atoms with Crippen LogP contribution in [0, 0.1) is 0 Å². The first-order chi connectivity index (χ1) is 9.84. The van der Waals surface area contributed by atoms with Crippen molar-refractivity contribution in [3.8, 4) is 11.3 Å². The van der Waals surface area contributed by atoms with Gasteiger partial charge in [0, 0.05) is 27.1 Å². The lowest BCUT2D eigenvalue weighted by molar-refractivity contribution is 1.49. The first-order valence-electron chi connectivity index (χ1n) is 6.63. The highest BCUT2D eigenvalue weighted by atomic mass is 16.1. The Morgan fingerprint density at radius 2 is 1.60 bits per heavy atom. The minimum Gasteiger partial charge on any atom is -0.289 e. The SMILES string of the molecule is O=c1c2ccc3cccc4nc(c5ccccc15)-c2c34. The summed E-state index contributed by atoms with van der Waals surface area (Å²) in [5, 5.41) is 4.74. The van der Waals surface area contributed by atoms with E-state index in [0.717, 1.165) is 43.7 Å². The molecule has 0 radical (unpaired) electrons. The van der Waals surface area contributed by atoms with Crippen molar-refractivity contribution in [3.63, 3.8) is 0 Å². The van der Waals surface area contributed by atoms with Crippen molar-refractivity contribution < 1.29 is 0 Å². The second-order valence-corrected chi connectivity index (χ2v) is 5.20. The summed E-state index contributed by atoms with van der Waals surface area (Å²) in [4.78, 5) is 17.4. The summed E-state index contributed by atoms with van der Waals surface area (Å²) >= 11 is 0. The third-order valence-electron chi connectivity index (χ3n) is 4.16. The number of fused-ring (bicyclic) bond motifs is 2. The molecule has 3 aromatic carbocycles. The molecule has 0 saturated heterocycles. The third-order valence-corrected chi connectivity index (χ3v) is 4.16. The molecule has 0 unspecified atom stereocenters. The summed E-state index contributed by atoms with van der Waals surface area (Å²) in [6, 6.07) is 17.8.